The lowest BCUT2D eigenvalue weighted by atomic mass is 9.65. The van der Waals surface area contributed by atoms with Crippen LogP contribution in [0.1, 0.15) is 51.2 Å². The molecule has 0 amide bonds. The number of thiophene rings is 1. The Morgan fingerprint density at radius 3 is 2.90 bits per heavy atom. The van der Waals surface area contributed by atoms with Crippen LogP contribution in [0.15, 0.2) is 28.1 Å². The highest BCUT2D eigenvalue weighted by Crippen LogP contribution is 2.48. The SMILES string of the molecule is CC1(C)CCCCC1C(O)c1csc2c(Br)cccc12. The normalized spacial score (nSPS) is 23.9. The van der Waals surface area contributed by atoms with Gasteiger partial charge in [-0.15, -0.1) is 11.3 Å². The number of halogens is 1. The van der Waals surface area contributed by atoms with Crippen LogP contribution in [0.25, 0.3) is 10.1 Å². The molecule has 1 fully saturated rings. The van der Waals surface area contributed by atoms with E-state index in [1.807, 2.05) is 0 Å². The first kappa shape index (κ1) is 14.6. The summed E-state index contributed by atoms with van der Waals surface area (Å²) in [5.41, 5.74) is 1.35. The molecule has 108 valence electrons. The van der Waals surface area contributed by atoms with Crippen molar-refractivity contribution in [2.75, 3.05) is 0 Å². The van der Waals surface area contributed by atoms with Gasteiger partial charge in [0.1, 0.15) is 0 Å². The van der Waals surface area contributed by atoms with Crippen molar-refractivity contribution in [3.63, 3.8) is 0 Å². The van der Waals surface area contributed by atoms with Gasteiger partial charge < -0.3 is 5.11 Å². The molecule has 20 heavy (non-hydrogen) atoms. The molecule has 3 heteroatoms. The highest BCUT2D eigenvalue weighted by Gasteiger charge is 2.38. The van der Waals surface area contributed by atoms with E-state index in [4.69, 9.17) is 0 Å². The van der Waals surface area contributed by atoms with Gasteiger partial charge in [-0.2, -0.15) is 0 Å². The van der Waals surface area contributed by atoms with Gasteiger partial charge in [0.05, 0.1) is 6.10 Å². The Hall–Kier alpha value is -0.380. The van der Waals surface area contributed by atoms with Crippen LogP contribution in [0.5, 0.6) is 0 Å². The molecule has 1 aliphatic rings. The average Bonchev–Trinajstić information content (AvgIpc) is 2.83. The molecule has 1 N–H and O–H groups in total. The third kappa shape index (κ3) is 2.44. The van der Waals surface area contributed by atoms with E-state index in [0.29, 0.717) is 5.92 Å². The topological polar surface area (TPSA) is 20.2 Å². The van der Waals surface area contributed by atoms with E-state index < -0.39 is 0 Å². The summed E-state index contributed by atoms with van der Waals surface area (Å²) in [6.07, 6.45) is 4.57. The van der Waals surface area contributed by atoms with Gasteiger partial charge in [-0.3, -0.25) is 0 Å². The molecule has 2 aromatic rings. The summed E-state index contributed by atoms with van der Waals surface area (Å²) in [7, 11) is 0. The van der Waals surface area contributed by atoms with Gasteiger partial charge in [-0.1, -0.05) is 38.8 Å². The molecule has 1 aliphatic carbocycles. The lowest BCUT2D eigenvalue weighted by Gasteiger charge is -2.41. The van der Waals surface area contributed by atoms with Crippen molar-refractivity contribution < 1.29 is 5.11 Å². The molecule has 1 heterocycles. The molecule has 0 saturated heterocycles. The zero-order chi connectivity index (χ0) is 14.3. The molecule has 0 bridgehead atoms. The maximum atomic E-state index is 11.0. The van der Waals surface area contributed by atoms with Crippen molar-refractivity contribution in [1.82, 2.24) is 0 Å². The molecule has 1 aromatic heterocycles. The lowest BCUT2D eigenvalue weighted by molar-refractivity contribution is 0.00486. The summed E-state index contributed by atoms with van der Waals surface area (Å²) < 4.78 is 2.37. The fourth-order valence-corrected chi connectivity index (χ4v) is 5.25. The van der Waals surface area contributed by atoms with Crippen molar-refractivity contribution in [2.24, 2.45) is 11.3 Å². The van der Waals surface area contributed by atoms with Crippen LogP contribution in [0.3, 0.4) is 0 Å². The van der Waals surface area contributed by atoms with Crippen molar-refractivity contribution >= 4 is 37.4 Å². The van der Waals surface area contributed by atoms with E-state index in [9.17, 15) is 5.11 Å². The third-order valence-electron chi connectivity index (χ3n) is 4.87. The molecule has 2 unspecified atom stereocenters. The number of hydrogen-bond donors (Lipinski definition) is 1. The number of aliphatic hydroxyl groups is 1. The molecule has 0 radical (unpaired) electrons. The number of benzene rings is 1. The monoisotopic (exact) mass is 352 g/mol. The van der Waals surface area contributed by atoms with Crippen LogP contribution in [0, 0.1) is 11.3 Å². The van der Waals surface area contributed by atoms with Gasteiger partial charge in [-0.05, 0) is 62.5 Å². The second kappa shape index (κ2) is 5.43. The smallest absolute Gasteiger partial charge is 0.0837 e. The van der Waals surface area contributed by atoms with Crippen LogP contribution in [0.2, 0.25) is 0 Å². The second-order valence-corrected chi connectivity index (χ2v) is 8.33. The van der Waals surface area contributed by atoms with Crippen molar-refractivity contribution in [1.29, 1.82) is 0 Å². The maximum Gasteiger partial charge on any atom is 0.0837 e. The minimum absolute atomic E-state index is 0.234. The molecule has 2 atom stereocenters. The lowest BCUT2D eigenvalue weighted by Crippen LogP contribution is -2.32. The Kier molecular flexibility index (Phi) is 3.95. The predicted molar refractivity (Wildman–Crippen MR) is 90.2 cm³/mol. The zero-order valence-corrected chi connectivity index (χ0v) is 14.4. The van der Waals surface area contributed by atoms with Crippen LogP contribution >= 0.6 is 27.3 Å². The minimum Gasteiger partial charge on any atom is -0.388 e. The number of rotatable bonds is 2. The van der Waals surface area contributed by atoms with Gasteiger partial charge in [0.25, 0.3) is 0 Å². The van der Waals surface area contributed by atoms with Gasteiger partial charge in [-0.25, -0.2) is 0 Å². The molecule has 1 aromatic carbocycles. The first-order valence-corrected chi connectivity index (χ1v) is 9.01. The predicted octanol–water partition coefficient (Wildman–Crippen LogP) is 5.91. The van der Waals surface area contributed by atoms with Crippen LogP contribution in [0.4, 0.5) is 0 Å². The molecular formula is C17H21BrOS. The maximum absolute atomic E-state index is 11.0. The number of aliphatic hydroxyl groups excluding tert-OH is 1. The highest BCUT2D eigenvalue weighted by atomic mass is 79.9. The van der Waals surface area contributed by atoms with Crippen LogP contribution in [-0.2, 0) is 0 Å². The van der Waals surface area contributed by atoms with E-state index in [1.54, 1.807) is 11.3 Å². The molecule has 3 rings (SSSR count). The Labute approximate surface area is 133 Å². The summed E-state index contributed by atoms with van der Waals surface area (Å²) in [4.78, 5) is 0. The number of hydrogen-bond acceptors (Lipinski definition) is 2. The van der Waals surface area contributed by atoms with Gasteiger partial charge in [0.2, 0.25) is 0 Å². The fraction of sp³-hybridized carbons (Fsp3) is 0.529. The second-order valence-electron chi connectivity index (χ2n) is 6.59. The molecule has 1 nitrogen and oxygen atoms in total. The zero-order valence-electron chi connectivity index (χ0n) is 12.0. The molecular weight excluding hydrogens is 332 g/mol. The first-order chi connectivity index (χ1) is 9.50. The van der Waals surface area contributed by atoms with E-state index in [1.165, 1.54) is 29.3 Å². The van der Waals surface area contributed by atoms with E-state index in [2.05, 4.69) is 53.4 Å². The van der Waals surface area contributed by atoms with Crippen molar-refractivity contribution in [3.05, 3.63) is 33.6 Å². The van der Waals surface area contributed by atoms with Gasteiger partial charge in [0.15, 0.2) is 0 Å². The summed E-state index contributed by atoms with van der Waals surface area (Å²) in [5.74, 6) is 0.369. The quantitative estimate of drug-likeness (QED) is 0.711. The standard InChI is InChI=1S/C17H21BrOS/c1-17(2)9-4-3-7-13(17)15(19)12-10-20-16-11(12)6-5-8-14(16)18/h5-6,8,10,13,15,19H,3-4,7,9H2,1-2H3. The van der Waals surface area contributed by atoms with E-state index in [-0.39, 0.29) is 11.5 Å². The van der Waals surface area contributed by atoms with Crippen LogP contribution < -0.4 is 0 Å². The Bertz CT molecular complexity index is 616. The minimum atomic E-state index is -0.339. The average molecular weight is 353 g/mol. The third-order valence-corrected chi connectivity index (χ3v) is 6.84. The first-order valence-electron chi connectivity index (χ1n) is 7.34. The molecule has 1 saturated carbocycles. The van der Waals surface area contributed by atoms with E-state index >= 15 is 0 Å². The Morgan fingerprint density at radius 1 is 1.35 bits per heavy atom. The summed E-state index contributed by atoms with van der Waals surface area (Å²) in [5, 5.41) is 14.3. The largest absolute Gasteiger partial charge is 0.388 e. The molecule has 0 aliphatic heterocycles. The van der Waals surface area contributed by atoms with Crippen molar-refractivity contribution in [2.45, 2.75) is 45.6 Å². The van der Waals surface area contributed by atoms with Gasteiger partial charge >= 0.3 is 0 Å². The fourth-order valence-electron chi connectivity index (χ4n) is 3.59. The highest BCUT2D eigenvalue weighted by molar-refractivity contribution is 9.10. The number of fused-ring (bicyclic) bond motifs is 1. The van der Waals surface area contributed by atoms with Crippen LogP contribution in [-0.4, -0.2) is 5.11 Å². The van der Waals surface area contributed by atoms with Gasteiger partial charge in [0, 0.05) is 9.17 Å². The van der Waals surface area contributed by atoms with E-state index in [0.717, 1.165) is 16.5 Å². The summed E-state index contributed by atoms with van der Waals surface area (Å²) >= 11 is 5.33. The molecule has 0 spiro atoms. The Balaban J connectivity index is 2.00. The summed E-state index contributed by atoms with van der Waals surface area (Å²) in [6, 6.07) is 6.26. The summed E-state index contributed by atoms with van der Waals surface area (Å²) in [6.45, 7) is 4.62. The Morgan fingerprint density at radius 2 is 2.15 bits per heavy atom. The van der Waals surface area contributed by atoms with Crippen molar-refractivity contribution in [3.8, 4) is 0 Å².